The summed E-state index contributed by atoms with van der Waals surface area (Å²) in [7, 11) is 0. The van der Waals surface area contributed by atoms with E-state index in [4.69, 9.17) is 18.9 Å². The van der Waals surface area contributed by atoms with E-state index in [9.17, 15) is 39.9 Å². The first-order chi connectivity index (χ1) is 24.0. The van der Waals surface area contributed by atoms with Gasteiger partial charge in [0.25, 0.3) is 0 Å². The molecule has 296 valence electrons. The minimum absolute atomic E-state index is 0.107. The molecule has 0 spiro atoms. The zero-order valence-corrected chi connectivity index (χ0v) is 32.8. The molecule has 1 heterocycles. The van der Waals surface area contributed by atoms with Crippen molar-refractivity contribution in [2.45, 2.75) is 169 Å². The molecular weight excluding hydrogens is 672 g/mol. The lowest BCUT2D eigenvalue weighted by atomic mass is 9.58. The number of ketones is 1. The quantitative estimate of drug-likeness (QED) is 0.126. The smallest absolute Gasteiger partial charge is 0.303 e. The van der Waals surface area contributed by atoms with Gasteiger partial charge in [0.2, 0.25) is 0 Å². The van der Waals surface area contributed by atoms with Gasteiger partial charge in [-0.15, -0.1) is 0 Å². The Balaban J connectivity index is 1.73. The molecule has 0 bridgehead atoms. The second-order valence-electron chi connectivity index (χ2n) is 16.6. The molecule has 0 radical (unpaired) electrons. The summed E-state index contributed by atoms with van der Waals surface area (Å²) in [6.07, 6.45) is 0.0427. The number of hydrogen-bond donors (Lipinski definition) is 5. The summed E-state index contributed by atoms with van der Waals surface area (Å²) in [5, 5.41) is 51.9. The van der Waals surface area contributed by atoms with Gasteiger partial charge in [0, 0.05) is 31.6 Å². The molecule has 0 amide bonds. The number of esters is 2. The van der Waals surface area contributed by atoms with Crippen LogP contribution < -0.4 is 0 Å². The first kappa shape index (κ1) is 44.0. The van der Waals surface area contributed by atoms with E-state index in [1.54, 1.807) is 6.08 Å². The predicted molar refractivity (Wildman–Crippen MR) is 194 cm³/mol. The maximum atomic E-state index is 12.7. The van der Waals surface area contributed by atoms with E-state index < -0.39 is 84.0 Å². The molecule has 3 rings (SSSR count). The predicted octanol–water partition coefficient (Wildman–Crippen LogP) is 4.24. The zero-order valence-electron chi connectivity index (χ0n) is 32.8. The number of carbonyl (C=O) groups is 3. The second-order valence-corrected chi connectivity index (χ2v) is 16.6. The van der Waals surface area contributed by atoms with Crippen LogP contribution in [0.15, 0.2) is 34.9 Å². The van der Waals surface area contributed by atoms with Gasteiger partial charge in [0.15, 0.2) is 6.29 Å². The molecule has 3 aliphatic rings. The molecule has 0 aromatic rings. The summed E-state index contributed by atoms with van der Waals surface area (Å²) in [4.78, 5) is 37.0. The number of aliphatic hydroxyl groups excluding tert-OH is 5. The van der Waals surface area contributed by atoms with Gasteiger partial charge in [-0.2, -0.15) is 0 Å². The average molecular weight is 737 g/mol. The standard InChI is InChI=1S/C40H64O12/c1-22(11-14-27(44)19-24(3)29(49-25(4)42)20-28-23(2)13-16-32(45)38(28,6)7)12-15-31-39(8,9)33(17-18-40(31,10)52-26(5)43)51-37-36(48)35(47)34(46)30(21-41)50-37/h11,13,19,27-31,33-37,41,44,46-48H,12,14-18,20-21H2,1-10H3/t27-,28-,29+,30-,31+,33+,34+,35+,36-,37+,40+/m1/s1. The van der Waals surface area contributed by atoms with E-state index in [2.05, 4.69) is 0 Å². The lowest BCUT2D eigenvalue weighted by Crippen LogP contribution is -2.62. The highest BCUT2D eigenvalue weighted by atomic mass is 16.7. The Bertz CT molecular complexity index is 1360. The van der Waals surface area contributed by atoms with Crippen molar-refractivity contribution in [2.24, 2.45) is 22.7 Å². The molecule has 1 aliphatic heterocycles. The van der Waals surface area contributed by atoms with Crippen LogP contribution in [-0.2, 0) is 33.3 Å². The maximum Gasteiger partial charge on any atom is 0.303 e. The van der Waals surface area contributed by atoms with Crippen LogP contribution in [0, 0.1) is 22.7 Å². The van der Waals surface area contributed by atoms with Crippen molar-refractivity contribution in [3.63, 3.8) is 0 Å². The van der Waals surface area contributed by atoms with Crippen molar-refractivity contribution in [1.29, 1.82) is 0 Å². The third-order valence-corrected chi connectivity index (χ3v) is 11.9. The largest absolute Gasteiger partial charge is 0.459 e. The first-order valence-electron chi connectivity index (χ1n) is 18.6. The van der Waals surface area contributed by atoms with Crippen LogP contribution in [0.4, 0.5) is 0 Å². The van der Waals surface area contributed by atoms with Crippen molar-refractivity contribution in [1.82, 2.24) is 0 Å². The maximum absolute atomic E-state index is 12.7. The van der Waals surface area contributed by atoms with Crippen LogP contribution in [0.3, 0.4) is 0 Å². The Morgan fingerprint density at radius 2 is 1.67 bits per heavy atom. The van der Waals surface area contributed by atoms with Crippen LogP contribution in [0.1, 0.15) is 114 Å². The normalized spacial score (nSPS) is 35.0. The fourth-order valence-corrected chi connectivity index (χ4v) is 8.61. The van der Waals surface area contributed by atoms with Gasteiger partial charge < -0.3 is 44.5 Å². The zero-order chi connectivity index (χ0) is 39.3. The van der Waals surface area contributed by atoms with Crippen LogP contribution in [0.25, 0.3) is 0 Å². The highest BCUT2D eigenvalue weighted by Crippen LogP contribution is 2.52. The van der Waals surface area contributed by atoms with Crippen LogP contribution in [0.5, 0.6) is 0 Å². The number of hydrogen-bond acceptors (Lipinski definition) is 12. The second kappa shape index (κ2) is 17.8. The molecule has 12 nitrogen and oxygen atoms in total. The number of carbonyl (C=O) groups excluding carboxylic acids is 3. The van der Waals surface area contributed by atoms with Crippen molar-refractivity contribution in [2.75, 3.05) is 6.61 Å². The van der Waals surface area contributed by atoms with Crippen molar-refractivity contribution < 1.29 is 58.9 Å². The number of allylic oxidation sites excluding steroid dienone is 3. The molecule has 12 heteroatoms. The Hall–Kier alpha value is -2.45. The highest BCUT2D eigenvalue weighted by Gasteiger charge is 2.55. The Morgan fingerprint density at radius 3 is 2.27 bits per heavy atom. The summed E-state index contributed by atoms with van der Waals surface area (Å²) in [5.74, 6) is -0.998. The average Bonchev–Trinajstić information content (AvgIpc) is 3.04. The molecule has 1 saturated heterocycles. The molecule has 2 fully saturated rings. The van der Waals surface area contributed by atoms with Crippen molar-refractivity contribution in [3.8, 4) is 0 Å². The van der Waals surface area contributed by atoms with Gasteiger partial charge in [-0.3, -0.25) is 14.4 Å². The fourth-order valence-electron chi connectivity index (χ4n) is 8.61. The van der Waals surface area contributed by atoms with Gasteiger partial charge in [-0.1, -0.05) is 57.1 Å². The minimum Gasteiger partial charge on any atom is -0.459 e. The van der Waals surface area contributed by atoms with E-state index in [1.165, 1.54) is 13.8 Å². The van der Waals surface area contributed by atoms with Gasteiger partial charge in [-0.05, 0) is 83.1 Å². The minimum atomic E-state index is -1.56. The third-order valence-electron chi connectivity index (χ3n) is 11.9. The van der Waals surface area contributed by atoms with Crippen LogP contribution in [-0.4, -0.2) is 104 Å². The van der Waals surface area contributed by atoms with Gasteiger partial charge in [0.1, 0.15) is 41.9 Å². The number of ether oxygens (including phenoxy) is 4. The number of Topliss-reactive ketones (excluding diaryl/α,β-unsaturated/α-hetero) is 1. The topological polar surface area (TPSA) is 189 Å². The van der Waals surface area contributed by atoms with E-state index in [1.807, 2.05) is 67.5 Å². The van der Waals surface area contributed by atoms with Crippen molar-refractivity contribution >= 4 is 17.7 Å². The number of aliphatic hydroxyl groups is 5. The van der Waals surface area contributed by atoms with E-state index in [0.717, 1.165) is 11.1 Å². The van der Waals surface area contributed by atoms with Gasteiger partial charge in [-0.25, -0.2) is 0 Å². The Kier molecular flexibility index (Phi) is 15.0. The molecule has 5 N–H and O–H groups in total. The lowest BCUT2D eigenvalue weighted by molar-refractivity contribution is -0.327. The molecule has 2 aliphatic carbocycles. The summed E-state index contributed by atoms with van der Waals surface area (Å²) in [6, 6.07) is 0. The van der Waals surface area contributed by atoms with E-state index in [-0.39, 0.29) is 17.6 Å². The molecule has 1 saturated carbocycles. The van der Waals surface area contributed by atoms with E-state index >= 15 is 0 Å². The first-order valence-corrected chi connectivity index (χ1v) is 18.6. The fraction of sp³-hybridized carbons (Fsp3) is 0.775. The summed E-state index contributed by atoms with van der Waals surface area (Å²) in [6.45, 7) is 17.8. The third kappa shape index (κ3) is 10.4. The Morgan fingerprint density at radius 1 is 1.02 bits per heavy atom. The van der Waals surface area contributed by atoms with Crippen molar-refractivity contribution in [3.05, 3.63) is 34.9 Å². The van der Waals surface area contributed by atoms with Crippen LogP contribution in [0.2, 0.25) is 0 Å². The lowest BCUT2D eigenvalue weighted by Gasteiger charge is -2.54. The van der Waals surface area contributed by atoms with Gasteiger partial charge in [0.05, 0.1) is 18.8 Å². The monoisotopic (exact) mass is 736 g/mol. The molecule has 11 atom stereocenters. The summed E-state index contributed by atoms with van der Waals surface area (Å²) >= 11 is 0. The number of rotatable bonds is 14. The summed E-state index contributed by atoms with van der Waals surface area (Å²) < 4.78 is 23.6. The molecule has 52 heavy (non-hydrogen) atoms. The molecule has 0 unspecified atom stereocenters. The van der Waals surface area contributed by atoms with Crippen LogP contribution >= 0.6 is 0 Å². The van der Waals surface area contributed by atoms with E-state index in [0.29, 0.717) is 50.5 Å². The van der Waals surface area contributed by atoms with Gasteiger partial charge >= 0.3 is 11.9 Å². The molecule has 0 aromatic carbocycles. The molecular formula is C40H64O12. The Labute approximate surface area is 309 Å². The highest BCUT2D eigenvalue weighted by molar-refractivity contribution is 5.87. The SMILES string of the molecule is CC(=O)O[C@@H](C[C@@H]1C(C)=CCC(=O)C1(C)C)C(C)=C[C@H](O)CC=C(C)CC[C@H]1C(C)(C)[C@@H](O[C@@H]2O[C@H](CO)[C@H](O)[C@H](O)[C@H]2O)CC[C@]1(C)OC(C)=O. The molecule has 0 aromatic heterocycles. The summed E-state index contributed by atoms with van der Waals surface area (Å²) in [5.41, 5.74) is 0.787.